The van der Waals surface area contributed by atoms with Crippen molar-refractivity contribution >= 4 is 5.97 Å². The number of likely N-dealkylation sites (tertiary alicyclic amines) is 1. The minimum Gasteiger partial charge on any atom is -0.453 e. The second-order valence-electron chi connectivity index (χ2n) is 3.47. The Morgan fingerprint density at radius 1 is 1.29 bits per heavy atom. The summed E-state index contributed by atoms with van der Waals surface area (Å²) in [7, 11) is 0. The Bertz CT molecular complexity index is 233. The molecule has 78 valence electrons. The summed E-state index contributed by atoms with van der Waals surface area (Å²) in [5.74, 6) is 5.57. The van der Waals surface area contributed by atoms with Crippen LogP contribution in [0.4, 0.5) is 0 Å². The lowest BCUT2D eigenvalue weighted by atomic mass is 10.1. The van der Waals surface area contributed by atoms with Crippen molar-refractivity contribution in [1.29, 1.82) is 0 Å². The SMILES string of the molecule is CC(=O)OCC#CCN1CCCCC1. The Morgan fingerprint density at radius 3 is 2.64 bits per heavy atom. The first-order chi connectivity index (χ1) is 6.79. The van der Waals surface area contributed by atoms with E-state index in [1.54, 1.807) is 0 Å². The van der Waals surface area contributed by atoms with Crippen molar-refractivity contribution in [3.05, 3.63) is 0 Å². The second kappa shape index (κ2) is 6.44. The Labute approximate surface area is 85.4 Å². The van der Waals surface area contributed by atoms with E-state index in [1.165, 1.54) is 26.2 Å². The Morgan fingerprint density at radius 2 is 2.00 bits per heavy atom. The van der Waals surface area contributed by atoms with Gasteiger partial charge in [-0.1, -0.05) is 18.3 Å². The molecule has 1 aliphatic rings. The highest BCUT2D eigenvalue weighted by molar-refractivity contribution is 5.66. The average Bonchev–Trinajstić information content (AvgIpc) is 2.18. The van der Waals surface area contributed by atoms with Gasteiger partial charge in [-0.3, -0.25) is 9.69 Å². The molecule has 0 atom stereocenters. The molecular formula is C11H17NO2. The fourth-order valence-electron chi connectivity index (χ4n) is 1.47. The van der Waals surface area contributed by atoms with Crippen LogP contribution < -0.4 is 0 Å². The van der Waals surface area contributed by atoms with Gasteiger partial charge in [0.15, 0.2) is 6.61 Å². The van der Waals surface area contributed by atoms with E-state index in [9.17, 15) is 4.79 Å². The van der Waals surface area contributed by atoms with Crippen LogP contribution >= 0.6 is 0 Å². The van der Waals surface area contributed by atoms with Crippen LogP contribution in [0.5, 0.6) is 0 Å². The third kappa shape index (κ3) is 4.88. The second-order valence-corrected chi connectivity index (χ2v) is 3.47. The van der Waals surface area contributed by atoms with E-state index >= 15 is 0 Å². The molecule has 0 saturated carbocycles. The van der Waals surface area contributed by atoms with Crippen LogP contribution in [0, 0.1) is 11.8 Å². The van der Waals surface area contributed by atoms with Crippen LogP contribution in [0.15, 0.2) is 0 Å². The van der Waals surface area contributed by atoms with E-state index in [-0.39, 0.29) is 12.6 Å². The monoisotopic (exact) mass is 195 g/mol. The van der Waals surface area contributed by atoms with E-state index in [0.717, 1.165) is 19.6 Å². The van der Waals surface area contributed by atoms with Crippen LogP contribution in [0.25, 0.3) is 0 Å². The zero-order chi connectivity index (χ0) is 10.2. The van der Waals surface area contributed by atoms with Crippen molar-refractivity contribution in [2.45, 2.75) is 26.2 Å². The maximum atomic E-state index is 10.4. The number of nitrogens with zero attached hydrogens (tertiary/aromatic N) is 1. The molecule has 0 amide bonds. The van der Waals surface area contributed by atoms with Crippen molar-refractivity contribution in [3.63, 3.8) is 0 Å². The molecule has 0 unspecified atom stereocenters. The van der Waals surface area contributed by atoms with E-state index in [0.29, 0.717) is 0 Å². The zero-order valence-corrected chi connectivity index (χ0v) is 8.71. The molecule has 0 aromatic rings. The van der Waals surface area contributed by atoms with Gasteiger partial charge in [-0.15, -0.1) is 0 Å². The molecule has 1 aliphatic heterocycles. The number of carbonyl (C=O) groups excluding carboxylic acids is 1. The normalized spacial score (nSPS) is 16.9. The smallest absolute Gasteiger partial charge is 0.303 e. The first kappa shape index (κ1) is 11.1. The van der Waals surface area contributed by atoms with E-state index in [4.69, 9.17) is 4.74 Å². The number of ether oxygens (including phenoxy) is 1. The van der Waals surface area contributed by atoms with Gasteiger partial charge in [0.25, 0.3) is 0 Å². The van der Waals surface area contributed by atoms with Gasteiger partial charge in [0.1, 0.15) is 0 Å². The van der Waals surface area contributed by atoms with Gasteiger partial charge in [-0.25, -0.2) is 0 Å². The highest BCUT2D eigenvalue weighted by atomic mass is 16.5. The predicted octanol–water partition coefficient (Wildman–Crippen LogP) is 1.04. The molecule has 1 saturated heterocycles. The summed E-state index contributed by atoms with van der Waals surface area (Å²) < 4.78 is 4.70. The molecule has 1 fully saturated rings. The summed E-state index contributed by atoms with van der Waals surface area (Å²) in [5.41, 5.74) is 0. The topological polar surface area (TPSA) is 29.5 Å². The fraction of sp³-hybridized carbons (Fsp3) is 0.727. The van der Waals surface area contributed by atoms with Gasteiger partial charge in [0.05, 0.1) is 6.54 Å². The fourth-order valence-corrected chi connectivity index (χ4v) is 1.47. The molecule has 3 heteroatoms. The molecule has 0 spiro atoms. The molecule has 0 bridgehead atoms. The molecule has 0 N–H and O–H groups in total. The highest BCUT2D eigenvalue weighted by Crippen LogP contribution is 2.06. The number of piperidine rings is 1. The Hall–Kier alpha value is -1.01. The Kier molecular flexibility index (Phi) is 5.09. The average molecular weight is 195 g/mol. The summed E-state index contributed by atoms with van der Waals surface area (Å²) in [6.45, 7) is 4.74. The highest BCUT2D eigenvalue weighted by Gasteiger charge is 2.07. The maximum absolute atomic E-state index is 10.4. The first-order valence-electron chi connectivity index (χ1n) is 5.10. The van der Waals surface area contributed by atoms with Gasteiger partial charge in [-0.2, -0.15) is 0 Å². The largest absolute Gasteiger partial charge is 0.453 e. The van der Waals surface area contributed by atoms with Crippen molar-refractivity contribution < 1.29 is 9.53 Å². The molecule has 0 aliphatic carbocycles. The number of hydrogen-bond donors (Lipinski definition) is 0. The van der Waals surface area contributed by atoms with Crippen LogP contribution in [-0.4, -0.2) is 37.1 Å². The van der Waals surface area contributed by atoms with Crippen LogP contribution in [0.1, 0.15) is 26.2 Å². The van der Waals surface area contributed by atoms with Crippen molar-refractivity contribution in [2.75, 3.05) is 26.2 Å². The summed E-state index contributed by atoms with van der Waals surface area (Å²) in [4.78, 5) is 12.7. The lowest BCUT2D eigenvalue weighted by Gasteiger charge is -2.23. The number of carbonyl (C=O) groups is 1. The molecule has 14 heavy (non-hydrogen) atoms. The molecule has 0 aromatic heterocycles. The number of hydrogen-bond acceptors (Lipinski definition) is 3. The van der Waals surface area contributed by atoms with Crippen LogP contribution in [0.3, 0.4) is 0 Å². The molecule has 0 aromatic carbocycles. The minimum atomic E-state index is -0.266. The van der Waals surface area contributed by atoms with Crippen LogP contribution in [-0.2, 0) is 9.53 Å². The van der Waals surface area contributed by atoms with Gasteiger partial charge in [0.2, 0.25) is 0 Å². The molecule has 1 heterocycles. The predicted molar refractivity (Wildman–Crippen MR) is 54.7 cm³/mol. The lowest BCUT2D eigenvalue weighted by molar-refractivity contribution is -0.139. The van der Waals surface area contributed by atoms with E-state index in [2.05, 4.69) is 16.7 Å². The standard InChI is InChI=1S/C11H17NO2/c1-11(13)14-10-6-5-9-12-7-3-2-4-8-12/h2-4,7-10H2,1H3. The minimum absolute atomic E-state index is 0.225. The number of rotatable bonds is 2. The summed E-state index contributed by atoms with van der Waals surface area (Å²) >= 11 is 0. The molecule has 0 radical (unpaired) electrons. The van der Waals surface area contributed by atoms with Gasteiger partial charge >= 0.3 is 5.97 Å². The lowest BCUT2D eigenvalue weighted by Crippen LogP contribution is -2.29. The molecule has 3 nitrogen and oxygen atoms in total. The zero-order valence-electron chi connectivity index (χ0n) is 8.71. The third-order valence-corrected chi connectivity index (χ3v) is 2.22. The quantitative estimate of drug-likeness (QED) is 0.487. The van der Waals surface area contributed by atoms with Crippen LogP contribution in [0.2, 0.25) is 0 Å². The Balaban J connectivity index is 2.08. The summed E-state index contributed by atoms with van der Waals surface area (Å²) in [6.07, 6.45) is 3.91. The summed E-state index contributed by atoms with van der Waals surface area (Å²) in [5, 5.41) is 0. The van der Waals surface area contributed by atoms with Crippen molar-refractivity contribution in [1.82, 2.24) is 4.90 Å². The number of esters is 1. The van der Waals surface area contributed by atoms with Gasteiger partial charge in [-0.05, 0) is 25.9 Å². The van der Waals surface area contributed by atoms with E-state index < -0.39 is 0 Å². The molecule has 1 rings (SSSR count). The van der Waals surface area contributed by atoms with E-state index in [1.807, 2.05) is 0 Å². The first-order valence-corrected chi connectivity index (χ1v) is 5.10. The van der Waals surface area contributed by atoms with Crippen molar-refractivity contribution in [2.24, 2.45) is 0 Å². The van der Waals surface area contributed by atoms with Gasteiger partial charge in [0, 0.05) is 6.92 Å². The third-order valence-electron chi connectivity index (χ3n) is 2.22. The summed E-state index contributed by atoms with van der Waals surface area (Å²) in [6, 6.07) is 0. The molecular weight excluding hydrogens is 178 g/mol. The van der Waals surface area contributed by atoms with Gasteiger partial charge < -0.3 is 4.74 Å². The maximum Gasteiger partial charge on any atom is 0.303 e. The van der Waals surface area contributed by atoms with Crippen molar-refractivity contribution in [3.8, 4) is 11.8 Å².